The lowest BCUT2D eigenvalue weighted by Gasteiger charge is -2.30. The Hall–Kier alpha value is -2.36. The molecule has 4 heteroatoms. The second-order valence-corrected chi connectivity index (χ2v) is 8.61. The molecule has 0 fully saturated rings. The second-order valence-electron chi connectivity index (χ2n) is 8.61. The van der Waals surface area contributed by atoms with E-state index >= 15 is 0 Å². The SMILES string of the molecule is CCCOc1cc(C2(C)CC(C)(C)c3ccc(O)c(OCCC)c32)ccc1O. The van der Waals surface area contributed by atoms with Crippen molar-refractivity contribution in [3.8, 4) is 23.0 Å². The molecule has 1 aliphatic rings. The second kappa shape index (κ2) is 7.57. The fourth-order valence-electron chi connectivity index (χ4n) is 4.53. The Kier molecular flexibility index (Phi) is 5.51. The summed E-state index contributed by atoms with van der Waals surface area (Å²) in [5, 5.41) is 20.8. The summed E-state index contributed by atoms with van der Waals surface area (Å²) in [4.78, 5) is 0. The first kappa shape index (κ1) is 20.4. The van der Waals surface area contributed by atoms with Gasteiger partial charge in [0.1, 0.15) is 0 Å². The minimum atomic E-state index is -0.362. The highest BCUT2D eigenvalue weighted by molar-refractivity contribution is 5.63. The molecule has 2 aromatic carbocycles. The molecule has 152 valence electrons. The number of fused-ring (bicyclic) bond motifs is 1. The molecule has 0 heterocycles. The van der Waals surface area contributed by atoms with Gasteiger partial charge in [-0.15, -0.1) is 0 Å². The number of rotatable bonds is 7. The summed E-state index contributed by atoms with van der Waals surface area (Å²) in [5.41, 5.74) is 2.86. The molecule has 2 N–H and O–H groups in total. The van der Waals surface area contributed by atoms with Crippen LogP contribution >= 0.6 is 0 Å². The van der Waals surface area contributed by atoms with Gasteiger partial charge in [0, 0.05) is 11.0 Å². The smallest absolute Gasteiger partial charge is 0.165 e. The quantitative estimate of drug-likeness (QED) is 0.646. The first-order valence-electron chi connectivity index (χ1n) is 10.2. The van der Waals surface area contributed by atoms with E-state index in [1.54, 1.807) is 12.1 Å². The van der Waals surface area contributed by atoms with Gasteiger partial charge in [0.15, 0.2) is 23.0 Å². The Morgan fingerprint density at radius 2 is 1.54 bits per heavy atom. The van der Waals surface area contributed by atoms with Crippen molar-refractivity contribution in [1.82, 2.24) is 0 Å². The Labute approximate surface area is 168 Å². The highest BCUT2D eigenvalue weighted by atomic mass is 16.5. The van der Waals surface area contributed by atoms with Gasteiger partial charge in [0.05, 0.1) is 13.2 Å². The lowest BCUT2D eigenvalue weighted by Crippen LogP contribution is -2.24. The van der Waals surface area contributed by atoms with Gasteiger partial charge in [-0.05, 0) is 54.0 Å². The van der Waals surface area contributed by atoms with Crippen LogP contribution in [0.5, 0.6) is 23.0 Å². The van der Waals surface area contributed by atoms with Crippen LogP contribution in [0.4, 0.5) is 0 Å². The Morgan fingerprint density at radius 3 is 2.21 bits per heavy atom. The number of aromatic hydroxyl groups is 2. The predicted molar refractivity (Wildman–Crippen MR) is 112 cm³/mol. The van der Waals surface area contributed by atoms with Crippen molar-refractivity contribution in [2.75, 3.05) is 13.2 Å². The molecule has 0 aromatic heterocycles. The summed E-state index contributed by atoms with van der Waals surface area (Å²) >= 11 is 0. The lowest BCUT2D eigenvalue weighted by molar-refractivity contribution is 0.290. The number of benzene rings is 2. The van der Waals surface area contributed by atoms with Gasteiger partial charge in [-0.1, -0.05) is 46.8 Å². The van der Waals surface area contributed by atoms with Crippen LogP contribution in [-0.4, -0.2) is 23.4 Å². The van der Waals surface area contributed by atoms with Crippen molar-refractivity contribution >= 4 is 0 Å². The van der Waals surface area contributed by atoms with Crippen LogP contribution < -0.4 is 9.47 Å². The van der Waals surface area contributed by atoms with Gasteiger partial charge in [0.2, 0.25) is 0 Å². The van der Waals surface area contributed by atoms with E-state index in [9.17, 15) is 10.2 Å². The Balaban J connectivity index is 2.17. The number of hydrogen-bond donors (Lipinski definition) is 2. The first-order chi connectivity index (χ1) is 13.2. The largest absolute Gasteiger partial charge is 0.504 e. The monoisotopic (exact) mass is 384 g/mol. The highest BCUT2D eigenvalue weighted by Gasteiger charge is 2.48. The Morgan fingerprint density at radius 1 is 0.893 bits per heavy atom. The highest BCUT2D eigenvalue weighted by Crippen LogP contribution is 2.58. The molecular formula is C24H32O4. The molecular weight excluding hydrogens is 352 g/mol. The summed E-state index contributed by atoms with van der Waals surface area (Å²) in [6, 6.07) is 9.34. The maximum absolute atomic E-state index is 10.6. The maximum Gasteiger partial charge on any atom is 0.165 e. The molecule has 0 radical (unpaired) electrons. The topological polar surface area (TPSA) is 58.9 Å². The van der Waals surface area contributed by atoms with Gasteiger partial charge < -0.3 is 19.7 Å². The van der Waals surface area contributed by atoms with E-state index in [0.29, 0.717) is 24.7 Å². The van der Waals surface area contributed by atoms with Crippen LogP contribution in [-0.2, 0) is 10.8 Å². The van der Waals surface area contributed by atoms with Crippen molar-refractivity contribution in [2.24, 2.45) is 0 Å². The van der Waals surface area contributed by atoms with Crippen molar-refractivity contribution in [2.45, 2.75) is 64.7 Å². The fraction of sp³-hybridized carbons (Fsp3) is 0.500. The van der Waals surface area contributed by atoms with Gasteiger partial charge in [-0.2, -0.15) is 0 Å². The van der Waals surface area contributed by atoms with Crippen LogP contribution in [0.3, 0.4) is 0 Å². The molecule has 0 saturated heterocycles. The molecule has 1 aliphatic carbocycles. The van der Waals surface area contributed by atoms with Crippen molar-refractivity contribution in [1.29, 1.82) is 0 Å². The van der Waals surface area contributed by atoms with E-state index in [2.05, 4.69) is 27.7 Å². The average molecular weight is 385 g/mol. The van der Waals surface area contributed by atoms with Crippen molar-refractivity contribution < 1.29 is 19.7 Å². The molecule has 2 aromatic rings. The van der Waals surface area contributed by atoms with Crippen LogP contribution in [0.25, 0.3) is 0 Å². The third kappa shape index (κ3) is 3.41. The van der Waals surface area contributed by atoms with E-state index in [1.165, 1.54) is 5.56 Å². The van der Waals surface area contributed by atoms with Crippen LogP contribution in [0, 0.1) is 0 Å². The first-order valence-corrected chi connectivity index (χ1v) is 10.2. The molecule has 28 heavy (non-hydrogen) atoms. The predicted octanol–water partition coefficient (Wildman–Crippen LogP) is 5.66. The number of phenolic OH excluding ortho intramolecular Hbond substituents is 2. The summed E-state index contributed by atoms with van der Waals surface area (Å²) in [6.45, 7) is 11.9. The normalized spacial score (nSPS) is 20.0. The van der Waals surface area contributed by atoms with Gasteiger partial charge >= 0.3 is 0 Å². The van der Waals surface area contributed by atoms with Crippen LogP contribution in [0.1, 0.15) is 70.6 Å². The number of phenols is 2. The third-order valence-electron chi connectivity index (χ3n) is 5.72. The number of ether oxygens (including phenoxy) is 2. The molecule has 1 atom stereocenters. The zero-order valence-corrected chi connectivity index (χ0v) is 17.6. The summed E-state index contributed by atoms with van der Waals surface area (Å²) < 4.78 is 11.8. The molecule has 0 spiro atoms. The molecule has 0 bridgehead atoms. The summed E-state index contributed by atoms with van der Waals surface area (Å²) in [6.07, 6.45) is 2.62. The standard InChI is InChI=1S/C24H32O4/c1-6-12-27-20-14-16(8-10-18(20)25)24(5)15-23(3,4)17-9-11-19(26)22(21(17)24)28-13-7-2/h8-11,14,25-26H,6-7,12-13,15H2,1-5H3. The lowest BCUT2D eigenvalue weighted by atomic mass is 9.74. The van der Waals surface area contributed by atoms with E-state index in [4.69, 9.17) is 9.47 Å². The Bertz CT molecular complexity index is 856. The van der Waals surface area contributed by atoms with Crippen molar-refractivity contribution in [3.63, 3.8) is 0 Å². The minimum Gasteiger partial charge on any atom is -0.504 e. The van der Waals surface area contributed by atoms with Crippen LogP contribution in [0.2, 0.25) is 0 Å². The average Bonchev–Trinajstić information content (AvgIpc) is 2.86. The summed E-state index contributed by atoms with van der Waals surface area (Å²) in [5.74, 6) is 1.41. The fourth-order valence-corrected chi connectivity index (χ4v) is 4.53. The minimum absolute atomic E-state index is 0.0650. The van der Waals surface area contributed by atoms with E-state index in [0.717, 1.165) is 30.4 Å². The third-order valence-corrected chi connectivity index (χ3v) is 5.72. The van der Waals surface area contributed by atoms with E-state index < -0.39 is 0 Å². The number of hydrogen-bond acceptors (Lipinski definition) is 4. The van der Waals surface area contributed by atoms with Crippen molar-refractivity contribution in [3.05, 3.63) is 47.0 Å². The summed E-state index contributed by atoms with van der Waals surface area (Å²) in [7, 11) is 0. The van der Waals surface area contributed by atoms with Crippen LogP contribution in [0.15, 0.2) is 30.3 Å². The molecule has 3 rings (SSSR count). The van der Waals surface area contributed by atoms with E-state index in [-0.39, 0.29) is 22.3 Å². The van der Waals surface area contributed by atoms with Gasteiger partial charge in [0.25, 0.3) is 0 Å². The molecule has 4 nitrogen and oxygen atoms in total. The van der Waals surface area contributed by atoms with Gasteiger partial charge in [-0.3, -0.25) is 0 Å². The zero-order valence-electron chi connectivity index (χ0n) is 17.6. The molecule has 0 aliphatic heterocycles. The maximum atomic E-state index is 10.6. The van der Waals surface area contributed by atoms with Gasteiger partial charge in [-0.25, -0.2) is 0 Å². The molecule has 0 saturated carbocycles. The van der Waals surface area contributed by atoms with E-state index in [1.807, 2.05) is 25.1 Å². The molecule has 1 unspecified atom stereocenters. The molecule has 0 amide bonds. The zero-order chi connectivity index (χ0) is 20.5.